The molecule has 0 aromatic rings. The number of hydrogen-bond donors (Lipinski definition) is 0. The van der Waals surface area contributed by atoms with Crippen LogP contribution in [0.4, 0.5) is 8.78 Å². The summed E-state index contributed by atoms with van der Waals surface area (Å²) in [5.74, 6) is 0.199. The molecule has 2 aliphatic rings. The highest BCUT2D eigenvalue weighted by Crippen LogP contribution is 2.41. The molecule has 1 heterocycles. The minimum atomic E-state index is -5.82. The van der Waals surface area contributed by atoms with Crippen molar-refractivity contribution in [3.63, 3.8) is 0 Å². The molecule has 2 rings (SSSR count). The van der Waals surface area contributed by atoms with Crippen LogP contribution in [0.5, 0.6) is 0 Å². The number of piperidine rings is 1. The largest absolute Gasteiger partial charge is 0.461 e. The molecule has 0 amide bonds. The fourth-order valence-corrected chi connectivity index (χ4v) is 6.75. The lowest BCUT2D eigenvalue weighted by Crippen LogP contribution is -2.54. The fourth-order valence-electron chi connectivity index (χ4n) is 3.39. The molecule has 0 radical (unpaired) electrons. The summed E-state index contributed by atoms with van der Waals surface area (Å²) in [5, 5.41) is 14.4. The molecule has 2 fully saturated rings. The predicted molar refractivity (Wildman–Crippen MR) is 79.4 cm³/mol. The Kier molecular flexibility index (Phi) is 5.19. The Labute approximate surface area is 139 Å². The van der Waals surface area contributed by atoms with E-state index in [0.717, 1.165) is 31.4 Å². The van der Waals surface area contributed by atoms with Gasteiger partial charge in [0.1, 0.15) is 0 Å². The zero-order valence-electron chi connectivity index (χ0n) is 12.7. The quantitative estimate of drug-likeness (QED) is 0.722. The number of nitriles is 2. The Morgan fingerprint density at radius 1 is 1.00 bits per heavy atom. The van der Waals surface area contributed by atoms with E-state index in [1.165, 1.54) is 0 Å². The van der Waals surface area contributed by atoms with Crippen molar-refractivity contribution in [2.45, 2.75) is 41.9 Å². The van der Waals surface area contributed by atoms with Crippen LogP contribution in [-0.2, 0) is 19.9 Å². The number of sulfone groups is 1. The van der Waals surface area contributed by atoms with Gasteiger partial charge in [0.05, 0.1) is 12.1 Å². The number of alkyl halides is 2. The summed E-state index contributed by atoms with van der Waals surface area (Å²) in [6.45, 7) is -0.333. The van der Waals surface area contributed by atoms with E-state index in [1.807, 2.05) is 0 Å². The maximum Gasteiger partial charge on any atom is 0.461 e. The molecule has 0 spiro atoms. The first-order valence-electron chi connectivity index (χ1n) is 7.49. The third kappa shape index (κ3) is 2.89. The highest BCUT2D eigenvalue weighted by atomic mass is 32.3. The second-order valence-corrected chi connectivity index (χ2v) is 10.4. The van der Waals surface area contributed by atoms with Gasteiger partial charge in [-0.15, -0.1) is 0 Å². The summed E-state index contributed by atoms with van der Waals surface area (Å²) < 4.78 is 71.9. The van der Waals surface area contributed by atoms with Crippen LogP contribution in [0.1, 0.15) is 32.1 Å². The number of nitrogens with zero attached hydrogens (tertiary/aromatic N) is 3. The van der Waals surface area contributed by atoms with Crippen molar-refractivity contribution in [3.8, 4) is 12.1 Å². The lowest BCUT2D eigenvalue weighted by atomic mass is 9.76. The van der Waals surface area contributed by atoms with Crippen molar-refractivity contribution >= 4 is 19.9 Å². The maximum absolute atomic E-state index is 14.3. The number of hydrogen-bond acceptors (Lipinski definition) is 6. The highest BCUT2D eigenvalue weighted by Gasteiger charge is 2.63. The van der Waals surface area contributed by atoms with Gasteiger partial charge in [0, 0.05) is 13.1 Å². The van der Waals surface area contributed by atoms with Gasteiger partial charge in [0.25, 0.3) is 19.9 Å². The third-order valence-electron chi connectivity index (χ3n) is 4.77. The van der Waals surface area contributed by atoms with Crippen LogP contribution in [-0.4, -0.2) is 44.1 Å². The summed E-state index contributed by atoms with van der Waals surface area (Å²) in [7, 11) is -11.3. The third-order valence-corrected chi connectivity index (χ3v) is 9.20. The van der Waals surface area contributed by atoms with Gasteiger partial charge in [-0.05, 0) is 24.7 Å². The van der Waals surface area contributed by atoms with Crippen LogP contribution >= 0.6 is 0 Å². The van der Waals surface area contributed by atoms with Gasteiger partial charge in [0.15, 0.2) is 0 Å². The van der Waals surface area contributed by atoms with Crippen LogP contribution in [0.25, 0.3) is 0 Å². The Morgan fingerprint density at radius 2 is 1.54 bits per heavy atom. The molecular formula is C13H17F2N3O4S2. The van der Waals surface area contributed by atoms with Crippen LogP contribution in [0.3, 0.4) is 0 Å². The van der Waals surface area contributed by atoms with E-state index in [-0.39, 0.29) is 24.9 Å². The van der Waals surface area contributed by atoms with Gasteiger partial charge in [-0.2, -0.15) is 23.6 Å². The van der Waals surface area contributed by atoms with E-state index < -0.39 is 29.7 Å². The van der Waals surface area contributed by atoms with E-state index in [9.17, 15) is 25.6 Å². The van der Waals surface area contributed by atoms with E-state index in [0.29, 0.717) is 17.1 Å². The summed E-state index contributed by atoms with van der Waals surface area (Å²) in [5.41, 5.74) is 0. The van der Waals surface area contributed by atoms with Gasteiger partial charge >= 0.3 is 4.59 Å². The zero-order chi connectivity index (χ0) is 18.2. The highest BCUT2D eigenvalue weighted by molar-refractivity contribution is 8.09. The number of sulfonamides is 1. The number of rotatable bonds is 4. The Bertz CT molecular complexity index is 769. The van der Waals surface area contributed by atoms with Crippen LogP contribution in [0.15, 0.2) is 0 Å². The van der Waals surface area contributed by atoms with Gasteiger partial charge in [-0.1, -0.05) is 19.3 Å². The summed E-state index contributed by atoms with van der Waals surface area (Å²) >= 11 is 0. The Morgan fingerprint density at radius 3 is 2.08 bits per heavy atom. The van der Waals surface area contributed by atoms with Crippen molar-refractivity contribution in [1.82, 2.24) is 4.31 Å². The van der Waals surface area contributed by atoms with Crippen LogP contribution < -0.4 is 0 Å². The van der Waals surface area contributed by atoms with Gasteiger partial charge in [-0.25, -0.2) is 16.8 Å². The molecule has 0 aromatic heterocycles. The minimum Gasteiger partial charge on any atom is -0.219 e. The van der Waals surface area contributed by atoms with E-state index in [4.69, 9.17) is 10.5 Å². The molecule has 0 bridgehead atoms. The zero-order valence-corrected chi connectivity index (χ0v) is 14.4. The lowest BCUT2D eigenvalue weighted by molar-refractivity contribution is 0.118. The van der Waals surface area contributed by atoms with Crippen molar-refractivity contribution in [1.29, 1.82) is 10.5 Å². The number of fused-ring (bicyclic) bond motifs is 1. The van der Waals surface area contributed by atoms with Crippen molar-refractivity contribution in [2.24, 2.45) is 11.8 Å². The van der Waals surface area contributed by atoms with Crippen molar-refractivity contribution < 1.29 is 25.6 Å². The SMILES string of the molecule is N#CC(C#N)S(=O)(=O)C(F)(F)S(=O)(=O)N1CCC2CCCCC2C1. The molecule has 1 saturated heterocycles. The molecule has 7 nitrogen and oxygen atoms in total. The molecule has 134 valence electrons. The first-order valence-corrected chi connectivity index (χ1v) is 10.5. The molecule has 1 saturated carbocycles. The average Bonchev–Trinajstić information content (AvgIpc) is 2.54. The van der Waals surface area contributed by atoms with E-state index in [2.05, 4.69) is 0 Å². The molecule has 11 heteroatoms. The van der Waals surface area contributed by atoms with E-state index >= 15 is 0 Å². The first-order chi connectivity index (χ1) is 11.1. The van der Waals surface area contributed by atoms with Crippen molar-refractivity contribution in [3.05, 3.63) is 0 Å². The second kappa shape index (κ2) is 6.54. The first kappa shape index (κ1) is 19.0. The van der Waals surface area contributed by atoms with Crippen LogP contribution in [0.2, 0.25) is 0 Å². The molecule has 1 aliphatic heterocycles. The normalized spacial score (nSPS) is 26.4. The van der Waals surface area contributed by atoms with Crippen LogP contribution in [0, 0.1) is 34.5 Å². The Balaban J connectivity index is 2.32. The standard InChI is InChI=1S/C13H17F2N3O4S2/c14-13(15,23(19,20)12(7-16)8-17)24(21,22)18-6-5-10-3-1-2-4-11(10)9-18/h10-12H,1-6,9H2. The molecule has 0 N–H and O–H groups in total. The molecule has 2 unspecified atom stereocenters. The van der Waals surface area contributed by atoms with E-state index in [1.54, 1.807) is 0 Å². The molecule has 2 atom stereocenters. The van der Waals surface area contributed by atoms with Gasteiger partial charge in [-0.3, -0.25) is 0 Å². The second-order valence-electron chi connectivity index (χ2n) is 6.10. The smallest absolute Gasteiger partial charge is 0.219 e. The summed E-state index contributed by atoms with van der Waals surface area (Å²) in [6, 6.07) is 1.81. The van der Waals surface area contributed by atoms with Crippen molar-refractivity contribution in [2.75, 3.05) is 13.1 Å². The minimum absolute atomic E-state index is 0.0662. The molecule has 1 aliphatic carbocycles. The Hall–Kier alpha value is -1.30. The molecule has 0 aromatic carbocycles. The average molecular weight is 381 g/mol. The number of halogens is 2. The lowest BCUT2D eigenvalue weighted by Gasteiger charge is -2.41. The molecular weight excluding hydrogens is 364 g/mol. The summed E-state index contributed by atoms with van der Waals surface area (Å²) in [6.07, 6.45) is 3.94. The summed E-state index contributed by atoms with van der Waals surface area (Å²) in [4.78, 5) is 0. The monoisotopic (exact) mass is 381 g/mol. The topological polar surface area (TPSA) is 119 Å². The molecule has 24 heavy (non-hydrogen) atoms. The van der Waals surface area contributed by atoms with Gasteiger partial charge in [0.2, 0.25) is 5.25 Å². The van der Waals surface area contributed by atoms with Gasteiger partial charge < -0.3 is 0 Å². The maximum atomic E-state index is 14.3. The predicted octanol–water partition coefficient (Wildman–Crippen LogP) is 1.21. The fraction of sp³-hybridized carbons (Fsp3) is 0.846.